The lowest BCUT2D eigenvalue weighted by atomic mass is 9.53. The summed E-state index contributed by atoms with van der Waals surface area (Å²) in [4.78, 5) is 25.0. The molecule has 4 aliphatic carbocycles. The van der Waals surface area contributed by atoms with Crippen molar-refractivity contribution in [1.82, 2.24) is 25.4 Å². The van der Waals surface area contributed by atoms with Gasteiger partial charge in [0, 0.05) is 10.6 Å². The van der Waals surface area contributed by atoms with Crippen molar-refractivity contribution in [2.24, 2.45) is 17.8 Å². The average molecular weight is 460 g/mol. The number of nitrogens with zero attached hydrogens (tertiary/aromatic N) is 3. The van der Waals surface area contributed by atoms with Crippen molar-refractivity contribution in [3.05, 3.63) is 35.1 Å². The molecule has 2 aromatic rings. The van der Waals surface area contributed by atoms with E-state index < -0.39 is 0 Å². The fourth-order valence-corrected chi connectivity index (χ4v) is 6.96. The lowest BCUT2D eigenvalue weighted by molar-refractivity contribution is -0.117. The van der Waals surface area contributed by atoms with Gasteiger partial charge in [-0.2, -0.15) is 0 Å². The number of imide groups is 1. The van der Waals surface area contributed by atoms with Gasteiger partial charge in [0.1, 0.15) is 6.33 Å². The molecule has 4 bridgehead atoms. The Kier molecular flexibility index (Phi) is 5.46. The van der Waals surface area contributed by atoms with E-state index in [1.165, 1.54) is 31.0 Å². The molecule has 1 aromatic heterocycles. The lowest BCUT2D eigenvalue weighted by Gasteiger charge is -2.56. The highest BCUT2D eigenvalue weighted by Gasteiger charge is 2.51. The van der Waals surface area contributed by atoms with Gasteiger partial charge in [-0.15, -0.1) is 10.2 Å². The van der Waals surface area contributed by atoms with Crippen LogP contribution in [-0.2, 0) is 4.79 Å². The van der Waals surface area contributed by atoms with Crippen molar-refractivity contribution in [3.63, 3.8) is 0 Å². The molecule has 0 saturated heterocycles. The van der Waals surface area contributed by atoms with E-state index in [-0.39, 0.29) is 23.2 Å². The summed E-state index contributed by atoms with van der Waals surface area (Å²) in [7, 11) is 0. The molecular formula is C22H26ClN5O2S. The Bertz CT molecular complexity index is 988. The summed E-state index contributed by atoms with van der Waals surface area (Å²) in [5.41, 5.74) is 1.69. The first-order chi connectivity index (χ1) is 14.9. The maximum atomic E-state index is 12.6. The fraction of sp³-hybridized carbons (Fsp3) is 0.545. The summed E-state index contributed by atoms with van der Waals surface area (Å²) in [6.07, 6.45) is 8.68. The Balaban J connectivity index is 1.16. The second-order valence-electron chi connectivity index (χ2n) is 9.41. The zero-order chi connectivity index (χ0) is 21.6. The number of aryl methyl sites for hydroxylation is 1. The summed E-state index contributed by atoms with van der Waals surface area (Å²) in [5.74, 6) is 1.94. The van der Waals surface area contributed by atoms with Crippen molar-refractivity contribution >= 4 is 35.3 Å². The van der Waals surface area contributed by atoms with E-state index in [0.717, 1.165) is 48.3 Å². The SMILES string of the molecule is Cc1ccc(-n2cnnc2SCC(=O)NC(=O)NC23CC4CC(CC(C4)C2)C3)cc1Cl. The van der Waals surface area contributed by atoms with Crippen molar-refractivity contribution in [1.29, 1.82) is 0 Å². The Morgan fingerprint density at radius 1 is 1.19 bits per heavy atom. The summed E-state index contributed by atoms with van der Waals surface area (Å²) < 4.78 is 1.78. The molecule has 0 spiro atoms. The van der Waals surface area contributed by atoms with Gasteiger partial charge in [-0.05, 0) is 80.9 Å². The second kappa shape index (κ2) is 8.13. The molecule has 4 fully saturated rings. The molecule has 4 saturated carbocycles. The summed E-state index contributed by atoms with van der Waals surface area (Å²) >= 11 is 7.46. The third-order valence-corrected chi connectivity index (χ3v) is 8.30. The first-order valence-electron chi connectivity index (χ1n) is 10.8. The number of carbonyl (C=O) groups excluding carboxylic acids is 2. The summed E-state index contributed by atoms with van der Waals surface area (Å²) in [6.45, 7) is 1.94. The third-order valence-electron chi connectivity index (χ3n) is 6.95. The summed E-state index contributed by atoms with van der Waals surface area (Å²) in [5, 5.41) is 14.9. The van der Waals surface area contributed by atoms with E-state index in [2.05, 4.69) is 20.8 Å². The minimum atomic E-state index is -0.376. The van der Waals surface area contributed by atoms with Crippen LogP contribution < -0.4 is 10.6 Å². The van der Waals surface area contributed by atoms with Crippen LogP contribution in [0.5, 0.6) is 0 Å². The van der Waals surface area contributed by atoms with Crippen LogP contribution in [-0.4, -0.2) is 38.0 Å². The van der Waals surface area contributed by atoms with E-state index in [1.807, 2.05) is 25.1 Å². The van der Waals surface area contributed by atoms with Crippen molar-refractivity contribution in [3.8, 4) is 5.69 Å². The van der Waals surface area contributed by atoms with Crippen LogP contribution in [0, 0.1) is 24.7 Å². The third kappa shape index (κ3) is 4.32. The van der Waals surface area contributed by atoms with Gasteiger partial charge in [0.2, 0.25) is 5.91 Å². The monoisotopic (exact) mass is 459 g/mol. The molecule has 7 nitrogen and oxygen atoms in total. The molecule has 31 heavy (non-hydrogen) atoms. The maximum absolute atomic E-state index is 12.6. The molecule has 1 heterocycles. The van der Waals surface area contributed by atoms with E-state index in [4.69, 9.17) is 11.6 Å². The van der Waals surface area contributed by atoms with E-state index in [1.54, 1.807) is 10.9 Å². The van der Waals surface area contributed by atoms with Crippen LogP contribution in [0.2, 0.25) is 5.02 Å². The number of amides is 3. The quantitative estimate of drug-likeness (QED) is 0.656. The zero-order valence-electron chi connectivity index (χ0n) is 17.4. The number of halogens is 1. The normalized spacial score (nSPS) is 28.5. The second-order valence-corrected chi connectivity index (χ2v) is 10.8. The van der Waals surface area contributed by atoms with Gasteiger partial charge in [0.15, 0.2) is 5.16 Å². The van der Waals surface area contributed by atoms with Crippen LogP contribution in [0.15, 0.2) is 29.7 Å². The Morgan fingerprint density at radius 2 is 1.87 bits per heavy atom. The van der Waals surface area contributed by atoms with Crippen molar-refractivity contribution in [2.75, 3.05) is 5.75 Å². The minimum absolute atomic E-state index is 0.0760. The maximum Gasteiger partial charge on any atom is 0.321 e. The van der Waals surface area contributed by atoms with Gasteiger partial charge in [-0.25, -0.2) is 4.79 Å². The number of urea groups is 1. The minimum Gasteiger partial charge on any atom is -0.332 e. The molecule has 0 radical (unpaired) electrons. The largest absolute Gasteiger partial charge is 0.332 e. The number of aromatic nitrogens is 3. The molecule has 1 aromatic carbocycles. The molecule has 0 unspecified atom stereocenters. The molecule has 3 amide bonds. The van der Waals surface area contributed by atoms with Crippen molar-refractivity contribution in [2.45, 2.75) is 56.1 Å². The van der Waals surface area contributed by atoms with Gasteiger partial charge in [-0.3, -0.25) is 14.7 Å². The number of rotatable bonds is 5. The van der Waals surface area contributed by atoms with Gasteiger partial charge in [0.25, 0.3) is 0 Å². The van der Waals surface area contributed by atoms with Crippen molar-refractivity contribution < 1.29 is 9.59 Å². The Morgan fingerprint density at radius 3 is 2.52 bits per heavy atom. The first kappa shape index (κ1) is 20.8. The van der Waals surface area contributed by atoms with Crippen LogP contribution >= 0.6 is 23.4 Å². The highest BCUT2D eigenvalue weighted by molar-refractivity contribution is 7.99. The number of nitrogens with one attached hydrogen (secondary N) is 2. The predicted molar refractivity (Wildman–Crippen MR) is 119 cm³/mol. The van der Waals surface area contributed by atoms with E-state index in [9.17, 15) is 9.59 Å². The molecule has 2 N–H and O–H groups in total. The van der Waals surface area contributed by atoms with E-state index in [0.29, 0.717) is 10.2 Å². The van der Waals surface area contributed by atoms with Crippen LogP contribution in [0.1, 0.15) is 44.1 Å². The smallest absolute Gasteiger partial charge is 0.321 e. The highest BCUT2D eigenvalue weighted by atomic mass is 35.5. The van der Waals surface area contributed by atoms with Crippen LogP contribution in [0.3, 0.4) is 0 Å². The molecular weight excluding hydrogens is 434 g/mol. The molecule has 0 aliphatic heterocycles. The van der Waals surface area contributed by atoms with Crippen LogP contribution in [0.25, 0.3) is 5.69 Å². The topological polar surface area (TPSA) is 88.9 Å². The molecule has 6 rings (SSSR count). The molecule has 4 aliphatic rings. The van der Waals surface area contributed by atoms with Gasteiger partial charge in [-0.1, -0.05) is 29.4 Å². The van der Waals surface area contributed by atoms with E-state index >= 15 is 0 Å². The highest BCUT2D eigenvalue weighted by Crippen LogP contribution is 2.55. The molecule has 9 heteroatoms. The zero-order valence-corrected chi connectivity index (χ0v) is 19.0. The number of hydrogen-bond acceptors (Lipinski definition) is 5. The molecule has 164 valence electrons. The number of carbonyl (C=O) groups is 2. The van der Waals surface area contributed by atoms with Gasteiger partial charge >= 0.3 is 6.03 Å². The Hall–Kier alpha value is -2.06. The van der Waals surface area contributed by atoms with Gasteiger partial charge in [0.05, 0.1) is 11.4 Å². The number of hydrogen-bond donors (Lipinski definition) is 2. The summed E-state index contributed by atoms with van der Waals surface area (Å²) in [6, 6.07) is 5.31. The predicted octanol–water partition coefficient (Wildman–Crippen LogP) is 4.12. The fourth-order valence-electron chi connectivity index (χ4n) is 6.06. The lowest BCUT2D eigenvalue weighted by Crippen LogP contribution is -2.61. The average Bonchev–Trinajstić information content (AvgIpc) is 3.15. The molecule has 0 atom stereocenters. The Labute approximate surface area is 190 Å². The number of thioether (sulfide) groups is 1. The van der Waals surface area contributed by atoms with Crippen LogP contribution in [0.4, 0.5) is 4.79 Å². The standard InChI is InChI=1S/C22H26ClN5O2S/c1-13-2-3-17(7-18(13)23)28-12-24-27-21(28)31-11-19(29)25-20(30)26-22-8-14-4-15(9-22)6-16(5-14)10-22/h2-3,7,12,14-16H,4-6,8-11H2,1H3,(H2,25,26,29,30). The first-order valence-corrected chi connectivity index (χ1v) is 12.2. The number of benzene rings is 1. The van der Waals surface area contributed by atoms with Gasteiger partial charge < -0.3 is 5.32 Å².